The molecule has 302 valence electrons. The quantitative estimate of drug-likeness (QED) is 0.0359. The van der Waals surface area contributed by atoms with Gasteiger partial charge < -0.3 is 14.2 Å². The van der Waals surface area contributed by atoms with Gasteiger partial charge in [0.05, 0.1) is 0 Å². The Labute approximate surface area is 317 Å². The van der Waals surface area contributed by atoms with Crippen LogP contribution in [0.25, 0.3) is 0 Å². The van der Waals surface area contributed by atoms with Crippen molar-refractivity contribution in [1.82, 2.24) is 0 Å². The second kappa shape index (κ2) is 36.8. The number of ether oxygens (including phenoxy) is 3. The zero-order valence-electron chi connectivity index (χ0n) is 34.9. The first kappa shape index (κ1) is 49.4. The molecule has 6 heteroatoms. The number of rotatable bonds is 38. The summed E-state index contributed by atoms with van der Waals surface area (Å²) in [5, 5.41) is 0. The van der Waals surface area contributed by atoms with E-state index in [1.54, 1.807) is 0 Å². The van der Waals surface area contributed by atoms with E-state index < -0.39 is 6.10 Å². The molecule has 0 aromatic heterocycles. The van der Waals surface area contributed by atoms with Gasteiger partial charge in [0, 0.05) is 19.3 Å². The van der Waals surface area contributed by atoms with Gasteiger partial charge in [-0.05, 0) is 37.0 Å². The van der Waals surface area contributed by atoms with E-state index in [-0.39, 0.29) is 31.1 Å². The molecule has 6 nitrogen and oxygen atoms in total. The maximum Gasteiger partial charge on any atom is 0.306 e. The molecule has 0 aromatic carbocycles. The first-order valence-electron chi connectivity index (χ1n) is 22.1. The van der Waals surface area contributed by atoms with Gasteiger partial charge in [-0.2, -0.15) is 0 Å². The Morgan fingerprint density at radius 1 is 0.333 bits per heavy atom. The molecule has 0 amide bonds. The molecular weight excluding hydrogens is 636 g/mol. The van der Waals surface area contributed by atoms with Crippen LogP contribution in [0.15, 0.2) is 0 Å². The highest BCUT2D eigenvalue weighted by Gasteiger charge is 2.19. The molecule has 0 rings (SSSR count). The van der Waals surface area contributed by atoms with Crippen molar-refractivity contribution in [2.75, 3.05) is 13.2 Å². The smallest absolute Gasteiger partial charge is 0.306 e. The third kappa shape index (κ3) is 39.5. The Morgan fingerprint density at radius 3 is 0.843 bits per heavy atom. The molecule has 0 radical (unpaired) electrons. The number of hydrogen-bond acceptors (Lipinski definition) is 6. The highest BCUT2D eigenvalue weighted by atomic mass is 16.6. The van der Waals surface area contributed by atoms with E-state index in [0.717, 1.165) is 75.5 Å². The maximum absolute atomic E-state index is 12.7. The molecule has 0 unspecified atom stereocenters. The van der Waals surface area contributed by atoms with Gasteiger partial charge in [-0.1, -0.05) is 196 Å². The minimum absolute atomic E-state index is 0.0674. The van der Waals surface area contributed by atoms with E-state index >= 15 is 0 Å². The van der Waals surface area contributed by atoms with E-state index in [0.29, 0.717) is 19.3 Å². The molecule has 0 spiro atoms. The van der Waals surface area contributed by atoms with Gasteiger partial charge >= 0.3 is 17.9 Å². The zero-order chi connectivity index (χ0) is 37.8. The number of unbranched alkanes of at least 4 members (excludes halogenated alkanes) is 21. The van der Waals surface area contributed by atoms with Crippen LogP contribution in [0.5, 0.6) is 0 Å². The topological polar surface area (TPSA) is 78.9 Å². The first-order chi connectivity index (χ1) is 24.6. The van der Waals surface area contributed by atoms with E-state index in [1.165, 1.54) is 116 Å². The van der Waals surface area contributed by atoms with Crippen molar-refractivity contribution >= 4 is 17.9 Å². The Kier molecular flexibility index (Phi) is 35.6. The second-order valence-electron chi connectivity index (χ2n) is 16.8. The lowest BCUT2D eigenvalue weighted by Gasteiger charge is -2.18. The molecule has 0 N–H and O–H groups in total. The molecular formula is C45H86O6. The summed E-state index contributed by atoms with van der Waals surface area (Å²) in [5.74, 6) is 1.51. The van der Waals surface area contributed by atoms with E-state index in [2.05, 4.69) is 41.5 Å². The minimum atomic E-state index is -0.761. The summed E-state index contributed by atoms with van der Waals surface area (Å²) in [6, 6.07) is 0. The predicted molar refractivity (Wildman–Crippen MR) is 215 cm³/mol. The molecule has 1 atom stereocenters. The van der Waals surface area contributed by atoms with E-state index in [1.807, 2.05) is 0 Å². The lowest BCUT2D eigenvalue weighted by atomic mass is 10.0. The average Bonchev–Trinajstić information content (AvgIpc) is 3.08. The van der Waals surface area contributed by atoms with E-state index in [9.17, 15) is 14.4 Å². The zero-order valence-corrected chi connectivity index (χ0v) is 34.9. The SMILES string of the molecule is CC(C)CCCCCCCCCCCCC(=O)O[C@@H](COC(=O)CCCCCCCCCCC(C)C)COC(=O)CCCCCCCCC(C)C. The summed E-state index contributed by atoms with van der Waals surface area (Å²) in [5.41, 5.74) is 0. The van der Waals surface area contributed by atoms with Crippen molar-refractivity contribution in [3.05, 3.63) is 0 Å². The number of esters is 3. The van der Waals surface area contributed by atoms with Crippen LogP contribution in [0.4, 0.5) is 0 Å². The van der Waals surface area contributed by atoms with Gasteiger partial charge in [0.2, 0.25) is 0 Å². The van der Waals surface area contributed by atoms with Gasteiger partial charge in [0.25, 0.3) is 0 Å². The van der Waals surface area contributed by atoms with Gasteiger partial charge in [-0.3, -0.25) is 14.4 Å². The third-order valence-electron chi connectivity index (χ3n) is 9.90. The molecule has 0 aliphatic carbocycles. The number of carbonyl (C=O) groups excluding carboxylic acids is 3. The highest BCUT2D eigenvalue weighted by molar-refractivity contribution is 5.71. The van der Waals surface area contributed by atoms with Crippen molar-refractivity contribution in [2.45, 2.75) is 240 Å². The van der Waals surface area contributed by atoms with Crippen LogP contribution in [0.3, 0.4) is 0 Å². The molecule has 0 aliphatic rings. The fraction of sp³-hybridized carbons (Fsp3) is 0.933. The average molecular weight is 723 g/mol. The van der Waals surface area contributed by atoms with Crippen LogP contribution in [-0.2, 0) is 28.6 Å². The lowest BCUT2D eigenvalue weighted by Crippen LogP contribution is -2.30. The van der Waals surface area contributed by atoms with Crippen molar-refractivity contribution in [3.63, 3.8) is 0 Å². The largest absolute Gasteiger partial charge is 0.462 e. The van der Waals surface area contributed by atoms with Crippen molar-refractivity contribution in [2.24, 2.45) is 17.8 Å². The van der Waals surface area contributed by atoms with Crippen molar-refractivity contribution < 1.29 is 28.6 Å². The van der Waals surface area contributed by atoms with Crippen LogP contribution in [0.1, 0.15) is 234 Å². The Bertz CT molecular complexity index is 792. The Balaban J connectivity index is 4.35. The van der Waals surface area contributed by atoms with Gasteiger partial charge in [-0.15, -0.1) is 0 Å². The normalized spacial score (nSPS) is 12.2. The van der Waals surface area contributed by atoms with Gasteiger partial charge in [0.15, 0.2) is 6.10 Å². The molecule has 0 aliphatic heterocycles. The number of carbonyl (C=O) groups is 3. The summed E-state index contributed by atoms with van der Waals surface area (Å²) < 4.78 is 16.7. The summed E-state index contributed by atoms with van der Waals surface area (Å²) >= 11 is 0. The fourth-order valence-electron chi connectivity index (χ4n) is 6.52. The molecule has 0 bridgehead atoms. The molecule has 0 fully saturated rings. The van der Waals surface area contributed by atoms with Crippen LogP contribution in [0.2, 0.25) is 0 Å². The van der Waals surface area contributed by atoms with Crippen LogP contribution in [0, 0.1) is 17.8 Å². The minimum Gasteiger partial charge on any atom is -0.462 e. The second-order valence-corrected chi connectivity index (χ2v) is 16.8. The fourth-order valence-corrected chi connectivity index (χ4v) is 6.52. The summed E-state index contributed by atoms with van der Waals surface area (Å²) in [4.78, 5) is 37.6. The van der Waals surface area contributed by atoms with Crippen LogP contribution in [-0.4, -0.2) is 37.2 Å². The summed E-state index contributed by atoms with van der Waals surface area (Å²) in [6.45, 7) is 13.6. The predicted octanol–water partition coefficient (Wildman–Crippen LogP) is 13.7. The lowest BCUT2D eigenvalue weighted by molar-refractivity contribution is -0.167. The first-order valence-corrected chi connectivity index (χ1v) is 22.1. The summed E-state index contributed by atoms with van der Waals surface area (Å²) in [7, 11) is 0. The Hall–Kier alpha value is -1.59. The van der Waals surface area contributed by atoms with Crippen molar-refractivity contribution in [1.29, 1.82) is 0 Å². The van der Waals surface area contributed by atoms with Gasteiger partial charge in [0.1, 0.15) is 13.2 Å². The molecule has 0 saturated carbocycles. The van der Waals surface area contributed by atoms with Crippen LogP contribution >= 0.6 is 0 Å². The molecule has 0 heterocycles. The highest BCUT2D eigenvalue weighted by Crippen LogP contribution is 2.16. The van der Waals surface area contributed by atoms with Crippen LogP contribution < -0.4 is 0 Å². The van der Waals surface area contributed by atoms with Gasteiger partial charge in [-0.25, -0.2) is 0 Å². The summed E-state index contributed by atoms with van der Waals surface area (Å²) in [6.07, 6.45) is 32.5. The maximum atomic E-state index is 12.7. The van der Waals surface area contributed by atoms with E-state index in [4.69, 9.17) is 14.2 Å². The third-order valence-corrected chi connectivity index (χ3v) is 9.90. The van der Waals surface area contributed by atoms with Crippen molar-refractivity contribution in [3.8, 4) is 0 Å². The molecule has 0 saturated heterocycles. The molecule has 51 heavy (non-hydrogen) atoms. The monoisotopic (exact) mass is 723 g/mol. The molecule has 0 aromatic rings. The number of hydrogen-bond donors (Lipinski definition) is 0. The standard InChI is InChI=1S/C45H86O6/c1-39(2)31-25-19-13-9-7-8-10-16-24-30-36-45(48)51-42(38-50-44(47)35-29-23-18-17-21-27-33-41(5)6)37-49-43(46)34-28-22-15-12-11-14-20-26-32-40(3)4/h39-42H,7-38H2,1-6H3/t42-/m0/s1. The Morgan fingerprint density at radius 2 is 0.569 bits per heavy atom.